The smallest absolute Gasteiger partial charge is 0.312 e. The van der Waals surface area contributed by atoms with Crippen molar-refractivity contribution in [3.05, 3.63) is 27.9 Å². The van der Waals surface area contributed by atoms with E-state index in [4.69, 9.17) is 5.26 Å². The van der Waals surface area contributed by atoms with Gasteiger partial charge in [-0.05, 0) is 25.5 Å². The van der Waals surface area contributed by atoms with Crippen LogP contribution in [-0.2, 0) is 0 Å². The van der Waals surface area contributed by atoms with Crippen LogP contribution >= 0.6 is 11.8 Å². The van der Waals surface area contributed by atoms with Crippen molar-refractivity contribution in [3.8, 4) is 6.07 Å². The van der Waals surface area contributed by atoms with Crippen LogP contribution in [0.5, 0.6) is 0 Å². The lowest BCUT2D eigenvalue weighted by molar-refractivity contribution is -0.384. The second-order valence-electron chi connectivity index (χ2n) is 4.47. The number of pyridine rings is 1. The molecule has 1 saturated carbocycles. The highest BCUT2D eigenvalue weighted by molar-refractivity contribution is 7.99. The molecule has 2 atom stereocenters. The summed E-state index contributed by atoms with van der Waals surface area (Å²) in [5.74, 6) is 0.260. The van der Waals surface area contributed by atoms with E-state index in [0.717, 1.165) is 19.3 Å². The standard InChI is InChI=1S/C12H14N4O2S/c1-19-10-3-2-9(5-10)15-12-11(16(17)18)4-8(6-13)7-14-12/h4,7,9-10H,2-3,5H2,1H3,(H,14,15). The van der Waals surface area contributed by atoms with Crippen molar-refractivity contribution in [1.82, 2.24) is 4.98 Å². The lowest BCUT2D eigenvalue weighted by atomic mass is 10.2. The Bertz CT molecular complexity index is 529. The van der Waals surface area contributed by atoms with Crippen molar-refractivity contribution in [1.29, 1.82) is 5.26 Å². The Morgan fingerprint density at radius 2 is 2.42 bits per heavy atom. The Morgan fingerprint density at radius 3 is 3.00 bits per heavy atom. The van der Waals surface area contributed by atoms with Gasteiger partial charge in [-0.1, -0.05) is 0 Å². The van der Waals surface area contributed by atoms with Crippen LogP contribution in [0.4, 0.5) is 11.5 Å². The van der Waals surface area contributed by atoms with Crippen molar-refractivity contribution >= 4 is 23.3 Å². The van der Waals surface area contributed by atoms with Crippen molar-refractivity contribution in [2.24, 2.45) is 0 Å². The molecule has 1 aliphatic rings. The van der Waals surface area contributed by atoms with Gasteiger partial charge in [-0.3, -0.25) is 10.1 Å². The van der Waals surface area contributed by atoms with Gasteiger partial charge >= 0.3 is 5.69 Å². The number of nitro groups is 1. The molecule has 19 heavy (non-hydrogen) atoms. The maximum Gasteiger partial charge on any atom is 0.312 e. The largest absolute Gasteiger partial charge is 0.362 e. The number of nitrogens with zero attached hydrogens (tertiary/aromatic N) is 3. The number of nitrogens with one attached hydrogen (secondary N) is 1. The van der Waals surface area contributed by atoms with Gasteiger partial charge in [-0.2, -0.15) is 17.0 Å². The van der Waals surface area contributed by atoms with Crippen LogP contribution in [0.1, 0.15) is 24.8 Å². The van der Waals surface area contributed by atoms with Gasteiger partial charge in [0.1, 0.15) is 6.07 Å². The van der Waals surface area contributed by atoms with Gasteiger partial charge in [-0.15, -0.1) is 0 Å². The summed E-state index contributed by atoms with van der Waals surface area (Å²) in [6, 6.07) is 3.34. The SMILES string of the molecule is CSC1CCC(Nc2ncc(C#N)cc2[N+](=O)[O-])C1. The van der Waals surface area contributed by atoms with E-state index >= 15 is 0 Å². The molecule has 1 aromatic heterocycles. The summed E-state index contributed by atoms with van der Waals surface area (Å²) in [5.41, 5.74) is 0.0670. The van der Waals surface area contributed by atoms with Crippen LogP contribution in [0.3, 0.4) is 0 Å². The molecule has 0 aliphatic heterocycles. The molecule has 100 valence electrons. The van der Waals surface area contributed by atoms with Crippen LogP contribution in [0.15, 0.2) is 12.3 Å². The molecular weight excluding hydrogens is 264 g/mol. The monoisotopic (exact) mass is 278 g/mol. The third-order valence-electron chi connectivity index (χ3n) is 3.25. The first-order valence-electron chi connectivity index (χ1n) is 5.98. The minimum absolute atomic E-state index is 0.133. The summed E-state index contributed by atoms with van der Waals surface area (Å²) in [6.45, 7) is 0. The molecule has 2 rings (SSSR count). The average Bonchev–Trinajstić information content (AvgIpc) is 2.86. The molecule has 1 N–H and O–H groups in total. The number of hydrogen-bond donors (Lipinski definition) is 1. The fraction of sp³-hybridized carbons (Fsp3) is 0.500. The topological polar surface area (TPSA) is 91.8 Å². The van der Waals surface area contributed by atoms with Crippen LogP contribution in [0, 0.1) is 21.4 Å². The number of thioether (sulfide) groups is 1. The Balaban J connectivity index is 2.16. The van der Waals surface area contributed by atoms with E-state index < -0.39 is 4.92 Å². The minimum atomic E-state index is -0.503. The van der Waals surface area contributed by atoms with Gasteiger partial charge in [0, 0.05) is 23.6 Å². The number of nitriles is 1. The third kappa shape index (κ3) is 3.15. The molecular formula is C12H14N4O2S. The molecule has 0 spiro atoms. The molecule has 7 heteroatoms. The average molecular weight is 278 g/mol. The van der Waals surface area contributed by atoms with Crippen LogP contribution in [0.2, 0.25) is 0 Å². The highest BCUT2D eigenvalue weighted by atomic mass is 32.2. The number of anilines is 1. The first-order valence-corrected chi connectivity index (χ1v) is 7.26. The number of rotatable bonds is 4. The Hall–Kier alpha value is -1.81. The van der Waals surface area contributed by atoms with Crippen molar-refractivity contribution in [2.45, 2.75) is 30.6 Å². The van der Waals surface area contributed by atoms with Crippen LogP contribution in [-0.4, -0.2) is 27.5 Å². The maximum absolute atomic E-state index is 11.0. The molecule has 0 saturated heterocycles. The highest BCUT2D eigenvalue weighted by Gasteiger charge is 2.26. The summed E-state index contributed by atoms with van der Waals surface area (Å²) in [7, 11) is 0. The molecule has 0 radical (unpaired) electrons. The zero-order valence-electron chi connectivity index (χ0n) is 10.5. The molecule has 0 amide bonds. The second-order valence-corrected chi connectivity index (χ2v) is 5.61. The summed E-state index contributed by atoms with van der Waals surface area (Å²) < 4.78 is 0. The molecule has 6 nitrogen and oxygen atoms in total. The van der Waals surface area contributed by atoms with Gasteiger partial charge in [0.2, 0.25) is 5.82 Å². The van der Waals surface area contributed by atoms with Crippen molar-refractivity contribution in [3.63, 3.8) is 0 Å². The molecule has 1 aromatic rings. The maximum atomic E-state index is 11.0. The quantitative estimate of drug-likeness (QED) is 0.672. The zero-order chi connectivity index (χ0) is 13.8. The lowest BCUT2D eigenvalue weighted by Crippen LogP contribution is -2.18. The van der Waals surface area contributed by atoms with Crippen LogP contribution in [0.25, 0.3) is 0 Å². The predicted octanol–water partition coefficient (Wildman–Crippen LogP) is 2.56. The van der Waals surface area contributed by atoms with E-state index in [-0.39, 0.29) is 23.1 Å². The zero-order valence-corrected chi connectivity index (χ0v) is 11.3. The Kier molecular flexibility index (Phi) is 4.22. The number of aromatic nitrogens is 1. The van der Waals surface area contributed by atoms with Gasteiger partial charge in [0.05, 0.1) is 10.5 Å². The summed E-state index contributed by atoms with van der Waals surface area (Å²) in [4.78, 5) is 14.5. The molecule has 1 heterocycles. The van der Waals surface area contributed by atoms with E-state index in [0.29, 0.717) is 5.25 Å². The number of hydrogen-bond acceptors (Lipinski definition) is 6. The normalized spacial score (nSPS) is 21.9. The molecule has 1 fully saturated rings. The van der Waals surface area contributed by atoms with E-state index in [1.807, 2.05) is 17.8 Å². The van der Waals surface area contributed by atoms with E-state index in [2.05, 4.69) is 16.6 Å². The van der Waals surface area contributed by atoms with Gasteiger partial charge < -0.3 is 5.32 Å². The van der Waals surface area contributed by atoms with Gasteiger partial charge in [-0.25, -0.2) is 4.98 Å². The predicted molar refractivity (Wildman–Crippen MR) is 74.2 cm³/mol. The Morgan fingerprint density at radius 1 is 1.63 bits per heavy atom. The van der Waals surface area contributed by atoms with E-state index in [1.165, 1.54) is 12.3 Å². The molecule has 0 bridgehead atoms. The summed E-state index contributed by atoms with van der Waals surface area (Å²) >= 11 is 1.83. The van der Waals surface area contributed by atoms with E-state index in [9.17, 15) is 10.1 Å². The van der Waals surface area contributed by atoms with Gasteiger partial charge in [0.25, 0.3) is 0 Å². The van der Waals surface area contributed by atoms with Crippen molar-refractivity contribution in [2.75, 3.05) is 11.6 Å². The second kappa shape index (κ2) is 5.89. The van der Waals surface area contributed by atoms with Crippen LogP contribution < -0.4 is 5.32 Å². The summed E-state index contributed by atoms with van der Waals surface area (Å²) in [5, 5.41) is 23.5. The molecule has 1 aliphatic carbocycles. The molecule has 2 unspecified atom stereocenters. The lowest BCUT2D eigenvalue weighted by Gasteiger charge is -2.13. The van der Waals surface area contributed by atoms with Gasteiger partial charge in [0.15, 0.2) is 0 Å². The first-order chi connectivity index (χ1) is 9.13. The van der Waals surface area contributed by atoms with Crippen molar-refractivity contribution < 1.29 is 4.92 Å². The summed E-state index contributed by atoms with van der Waals surface area (Å²) in [6.07, 6.45) is 6.53. The Labute approximate surface area is 115 Å². The fourth-order valence-electron chi connectivity index (χ4n) is 2.24. The molecule has 0 aromatic carbocycles. The minimum Gasteiger partial charge on any atom is -0.362 e. The third-order valence-corrected chi connectivity index (χ3v) is 4.35. The highest BCUT2D eigenvalue weighted by Crippen LogP contribution is 2.32. The van der Waals surface area contributed by atoms with E-state index in [1.54, 1.807) is 0 Å². The fourth-order valence-corrected chi connectivity index (χ4v) is 3.04. The first kappa shape index (κ1) is 13.6.